The number of hydrogen-bond acceptors (Lipinski definition) is 3. The van der Waals surface area contributed by atoms with E-state index < -0.39 is 28.3 Å². The van der Waals surface area contributed by atoms with Gasteiger partial charge in [-0.3, -0.25) is 9.10 Å². The van der Waals surface area contributed by atoms with Crippen molar-refractivity contribution in [2.24, 2.45) is 0 Å². The van der Waals surface area contributed by atoms with Crippen LogP contribution in [-0.4, -0.2) is 20.9 Å². The van der Waals surface area contributed by atoms with Gasteiger partial charge in [-0.2, -0.15) is 0 Å². The number of hydrogen-bond donors (Lipinski definition) is 1. The molecule has 0 radical (unpaired) electrons. The summed E-state index contributed by atoms with van der Waals surface area (Å²) in [5, 5.41) is 2.80. The van der Waals surface area contributed by atoms with Crippen LogP contribution in [-0.2, 0) is 14.8 Å². The summed E-state index contributed by atoms with van der Waals surface area (Å²) in [6.07, 6.45) is 0. The van der Waals surface area contributed by atoms with Crippen molar-refractivity contribution in [3.63, 3.8) is 0 Å². The zero-order valence-electron chi connectivity index (χ0n) is 17.0. The lowest BCUT2D eigenvalue weighted by Crippen LogP contribution is -2.38. The van der Waals surface area contributed by atoms with E-state index in [-0.39, 0.29) is 10.6 Å². The monoisotopic (exact) mass is 426 g/mol. The van der Waals surface area contributed by atoms with E-state index in [9.17, 15) is 17.6 Å². The minimum Gasteiger partial charge on any atom is -0.324 e. The predicted molar refractivity (Wildman–Crippen MR) is 117 cm³/mol. The summed E-state index contributed by atoms with van der Waals surface area (Å²) in [6, 6.07) is 17.0. The number of nitrogens with one attached hydrogen (secondary N) is 1. The molecule has 0 aliphatic rings. The van der Waals surface area contributed by atoms with Gasteiger partial charge in [0.05, 0.1) is 10.6 Å². The first-order chi connectivity index (χ1) is 14.2. The van der Waals surface area contributed by atoms with E-state index in [1.807, 2.05) is 39.0 Å². The van der Waals surface area contributed by atoms with E-state index in [1.54, 1.807) is 12.1 Å². The van der Waals surface area contributed by atoms with Crippen molar-refractivity contribution in [2.45, 2.75) is 25.7 Å². The van der Waals surface area contributed by atoms with E-state index in [0.717, 1.165) is 33.1 Å². The fourth-order valence-electron chi connectivity index (χ4n) is 3.08. The number of rotatable bonds is 6. The maximum absolute atomic E-state index is 13.4. The molecule has 1 N–H and O–H groups in total. The Labute approximate surface area is 176 Å². The molecule has 156 valence electrons. The molecule has 3 rings (SSSR count). The van der Waals surface area contributed by atoms with Gasteiger partial charge in [-0.25, -0.2) is 12.8 Å². The summed E-state index contributed by atoms with van der Waals surface area (Å²) in [7, 11) is -4.04. The number of aryl methyl sites for hydroxylation is 3. The number of benzene rings is 3. The minimum atomic E-state index is -4.04. The molecule has 0 unspecified atom stereocenters. The molecule has 3 aromatic rings. The summed E-state index contributed by atoms with van der Waals surface area (Å²) in [5.74, 6) is -0.987. The second-order valence-electron chi connectivity index (χ2n) is 7.12. The second kappa shape index (κ2) is 8.67. The molecule has 0 spiro atoms. The molecule has 1 amide bonds. The van der Waals surface area contributed by atoms with Gasteiger partial charge in [-0.15, -0.1) is 0 Å². The molecule has 0 saturated heterocycles. The first-order valence-electron chi connectivity index (χ1n) is 9.39. The van der Waals surface area contributed by atoms with Crippen LogP contribution < -0.4 is 9.62 Å². The van der Waals surface area contributed by atoms with E-state index >= 15 is 0 Å². The second-order valence-corrected chi connectivity index (χ2v) is 8.98. The van der Waals surface area contributed by atoms with Crippen LogP contribution in [0.3, 0.4) is 0 Å². The van der Waals surface area contributed by atoms with Gasteiger partial charge in [0.1, 0.15) is 12.4 Å². The number of anilines is 2. The third-order valence-corrected chi connectivity index (χ3v) is 6.54. The maximum Gasteiger partial charge on any atom is 0.264 e. The molecule has 0 aliphatic heterocycles. The van der Waals surface area contributed by atoms with Crippen molar-refractivity contribution in [3.05, 3.63) is 89.2 Å². The van der Waals surface area contributed by atoms with Gasteiger partial charge in [-0.05, 0) is 68.3 Å². The van der Waals surface area contributed by atoms with Gasteiger partial charge in [0.2, 0.25) is 5.91 Å². The molecule has 0 heterocycles. The summed E-state index contributed by atoms with van der Waals surface area (Å²) in [5.41, 5.74) is 3.51. The van der Waals surface area contributed by atoms with Crippen LogP contribution in [0.2, 0.25) is 0 Å². The molecular weight excluding hydrogens is 403 g/mol. The fourth-order valence-corrected chi connectivity index (χ4v) is 4.50. The van der Waals surface area contributed by atoms with E-state index in [0.29, 0.717) is 5.69 Å². The normalized spacial score (nSPS) is 11.2. The van der Waals surface area contributed by atoms with Gasteiger partial charge >= 0.3 is 0 Å². The summed E-state index contributed by atoms with van der Waals surface area (Å²) in [6.45, 7) is 5.13. The highest BCUT2D eigenvalue weighted by Crippen LogP contribution is 2.25. The average Bonchev–Trinajstić information content (AvgIpc) is 2.70. The number of carbonyl (C=O) groups excluding carboxylic acids is 1. The molecule has 30 heavy (non-hydrogen) atoms. The Morgan fingerprint density at radius 3 is 2.03 bits per heavy atom. The molecule has 0 fully saturated rings. The van der Waals surface area contributed by atoms with Crippen molar-refractivity contribution < 1.29 is 17.6 Å². The lowest BCUT2D eigenvalue weighted by Gasteiger charge is -2.24. The lowest BCUT2D eigenvalue weighted by atomic mass is 10.1. The van der Waals surface area contributed by atoms with Crippen molar-refractivity contribution in [2.75, 3.05) is 16.2 Å². The van der Waals surface area contributed by atoms with Crippen molar-refractivity contribution in [3.8, 4) is 0 Å². The number of halogens is 1. The van der Waals surface area contributed by atoms with Gasteiger partial charge < -0.3 is 5.32 Å². The van der Waals surface area contributed by atoms with Crippen LogP contribution in [0.15, 0.2) is 71.6 Å². The van der Waals surface area contributed by atoms with E-state index in [4.69, 9.17) is 0 Å². The van der Waals surface area contributed by atoms with E-state index in [1.165, 1.54) is 24.3 Å². The average molecular weight is 427 g/mol. The lowest BCUT2D eigenvalue weighted by molar-refractivity contribution is -0.114. The zero-order chi connectivity index (χ0) is 21.9. The van der Waals surface area contributed by atoms with Crippen LogP contribution >= 0.6 is 0 Å². The third kappa shape index (κ3) is 4.68. The molecule has 0 aliphatic carbocycles. The van der Waals surface area contributed by atoms with Crippen LogP contribution in [0.1, 0.15) is 16.7 Å². The Bertz CT molecular complexity index is 1140. The van der Waals surface area contributed by atoms with Crippen LogP contribution in [0.25, 0.3) is 0 Å². The van der Waals surface area contributed by atoms with Gasteiger partial charge in [0, 0.05) is 5.69 Å². The molecule has 0 bridgehead atoms. The maximum atomic E-state index is 13.4. The molecule has 7 heteroatoms. The highest BCUT2D eigenvalue weighted by Gasteiger charge is 2.27. The SMILES string of the molecule is Cc1ccc(S(=O)(=O)N(CC(=O)Nc2c(C)cccc2C)c2ccc(F)cc2)cc1. The summed E-state index contributed by atoms with van der Waals surface area (Å²) >= 11 is 0. The molecule has 3 aromatic carbocycles. The Kier molecular flexibility index (Phi) is 6.22. The molecule has 5 nitrogen and oxygen atoms in total. The zero-order valence-corrected chi connectivity index (χ0v) is 17.8. The molecule has 0 atom stereocenters. The standard InChI is InChI=1S/C23H23FN2O3S/c1-16-7-13-21(14-8-16)30(28,29)26(20-11-9-19(24)10-12-20)15-22(27)25-23-17(2)5-4-6-18(23)3/h4-14H,15H2,1-3H3,(H,25,27). The van der Waals surface area contributed by atoms with Crippen LogP contribution in [0.4, 0.5) is 15.8 Å². The van der Waals surface area contributed by atoms with Crippen LogP contribution in [0.5, 0.6) is 0 Å². The van der Waals surface area contributed by atoms with Crippen molar-refractivity contribution >= 4 is 27.3 Å². The smallest absolute Gasteiger partial charge is 0.264 e. The minimum absolute atomic E-state index is 0.0531. The van der Waals surface area contributed by atoms with Crippen molar-refractivity contribution in [1.29, 1.82) is 0 Å². The number of para-hydroxylation sites is 1. The summed E-state index contributed by atoms with van der Waals surface area (Å²) < 4.78 is 41.0. The Morgan fingerprint density at radius 2 is 1.47 bits per heavy atom. The first-order valence-corrected chi connectivity index (χ1v) is 10.8. The summed E-state index contributed by atoms with van der Waals surface area (Å²) in [4.78, 5) is 12.9. The molecular formula is C23H23FN2O3S. The quantitative estimate of drug-likeness (QED) is 0.627. The number of amides is 1. The topological polar surface area (TPSA) is 66.5 Å². The van der Waals surface area contributed by atoms with E-state index in [2.05, 4.69) is 5.32 Å². The van der Waals surface area contributed by atoms with Crippen molar-refractivity contribution in [1.82, 2.24) is 0 Å². The Hall–Kier alpha value is -3.19. The fraction of sp³-hybridized carbons (Fsp3) is 0.174. The highest BCUT2D eigenvalue weighted by atomic mass is 32.2. The molecule has 0 aromatic heterocycles. The molecule has 0 saturated carbocycles. The van der Waals surface area contributed by atoms with Gasteiger partial charge in [-0.1, -0.05) is 35.9 Å². The third-order valence-electron chi connectivity index (χ3n) is 4.76. The predicted octanol–water partition coefficient (Wildman–Crippen LogP) is 4.58. The number of carbonyl (C=O) groups is 1. The highest BCUT2D eigenvalue weighted by molar-refractivity contribution is 7.92. The first kappa shape index (κ1) is 21.5. The number of sulfonamides is 1. The Balaban J connectivity index is 1.96. The Morgan fingerprint density at radius 1 is 0.900 bits per heavy atom. The van der Waals surface area contributed by atoms with Gasteiger partial charge in [0.25, 0.3) is 10.0 Å². The van der Waals surface area contributed by atoms with Crippen LogP contribution in [0, 0.1) is 26.6 Å². The van der Waals surface area contributed by atoms with Gasteiger partial charge in [0.15, 0.2) is 0 Å². The largest absolute Gasteiger partial charge is 0.324 e. The number of nitrogens with zero attached hydrogens (tertiary/aromatic N) is 1.